The quantitative estimate of drug-likeness (QED) is 0.782. The molecule has 0 radical (unpaired) electrons. The summed E-state index contributed by atoms with van der Waals surface area (Å²) in [6, 6.07) is 8.21. The van der Waals surface area contributed by atoms with Crippen LogP contribution in [0, 0.1) is 0 Å². The van der Waals surface area contributed by atoms with Gasteiger partial charge in [-0.2, -0.15) is 0 Å². The first-order chi connectivity index (χ1) is 8.56. The lowest BCUT2D eigenvalue weighted by Gasteiger charge is -2.05. The number of aromatic nitrogens is 1. The molecule has 0 spiro atoms. The van der Waals surface area contributed by atoms with E-state index < -0.39 is 9.84 Å². The lowest BCUT2D eigenvalue weighted by molar-refractivity contribution is 0.594. The number of H-pyrrole nitrogens is 1. The van der Waals surface area contributed by atoms with E-state index >= 15 is 0 Å². The maximum Gasteiger partial charge on any atom is 0.147 e. The second-order valence-corrected chi connectivity index (χ2v) is 6.78. The van der Waals surface area contributed by atoms with Crippen molar-refractivity contribution in [3.63, 3.8) is 0 Å². The number of sulfone groups is 1. The molecule has 1 aromatic heterocycles. The summed E-state index contributed by atoms with van der Waals surface area (Å²) in [5.41, 5.74) is 2.36. The first kappa shape index (κ1) is 13.1. The zero-order valence-corrected chi connectivity index (χ0v) is 11.3. The van der Waals surface area contributed by atoms with Gasteiger partial charge in [0.05, 0.1) is 5.75 Å². The third-order valence-corrected chi connectivity index (χ3v) is 3.90. The van der Waals surface area contributed by atoms with Crippen molar-refractivity contribution in [2.75, 3.05) is 18.6 Å². The molecule has 98 valence electrons. The summed E-state index contributed by atoms with van der Waals surface area (Å²) in [5, 5.41) is 4.49. The van der Waals surface area contributed by atoms with Gasteiger partial charge in [-0.1, -0.05) is 12.1 Å². The Labute approximate surface area is 107 Å². The van der Waals surface area contributed by atoms with Crippen molar-refractivity contribution < 1.29 is 8.42 Å². The highest BCUT2D eigenvalue weighted by Gasteiger charge is 2.03. The molecule has 0 aliphatic rings. The molecule has 1 aromatic carbocycles. The first-order valence-electron chi connectivity index (χ1n) is 6.00. The average molecular weight is 266 g/mol. The fourth-order valence-corrected chi connectivity index (χ4v) is 2.66. The molecule has 0 aliphatic heterocycles. The zero-order chi connectivity index (χ0) is 13.0. The first-order valence-corrected chi connectivity index (χ1v) is 8.06. The Hall–Kier alpha value is -1.33. The Morgan fingerprint density at radius 2 is 2.11 bits per heavy atom. The number of aromatic amines is 1. The molecule has 0 fully saturated rings. The summed E-state index contributed by atoms with van der Waals surface area (Å²) in [7, 11) is -2.84. The Balaban J connectivity index is 1.85. The highest BCUT2D eigenvalue weighted by atomic mass is 32.2. The average Bonchev–Trinajstić information content (AvgIpc) is 2.75. The number of benzene rings is 1. The molecule has 0 amide bonds. The SMILES string of the molecule is CS(=O)(=O)CCCNCc1cccc2[nH]ccc12. The molecule has 1 heterocycles. The summed E-state index contributed by atoms with van der Waals surface area (Å²) in [4.78, 5) is 3.17. The van der Waals surface area contributed by atoms with Gasteiger partial charge in [-0.05, 0) is 30.7 Å². The summed E-state index contributed by atoms with van der Waals surface area (Å²) in [5.74, 6) is 0.244. The minimum atomic E-state index is -2.84. The molecule has 0 saturated carbocycles. The number of fused-ring (bicyclic) bond motifs is 1. The minimum Gasteiger partial charge on any atom is -0.361 e. The molecule has 2 rings (SSSR count). The van der Waals surface area contributed by atoms with Crippen LogP contribution in [0.25, 0.3) is 10.9 Å². The predicted octanol–water partition coefficient (Wildman–Crippen LogP) is 1.69. The molecule has 4 nitrogen and oxygen atoms in total. The van der Waals surface area contributed by atoms with Crippen LogP contribution in [0.3, 0.4) is 0 Å². The van der Waals surface area contributed by atoms with E-state index in [4.69, 9.17) is 0 Å². The molecule has 0 bridgehead atoms. The van der Waals surface area contributed by atoms with Gasteiger partial charge in [0.1, 0.15) is 9.84 Å². The van der Waals surface area contributed by atoms with Crippen LogP contribution in [-0.4, -0.2) is 32.0 Å². The number of nitrogens with one attached hydrogen (secondary N) is 2. The highest BCUT2D eigenvalue weighted by molar-refractivity contribution is 7.90. The monoisotopic (exact) mass is 266 g/mol. The largest absolute Gasteiger partial charge is 0.361 e. The zero-order valence-electron chi connectivity index (χ0n) is 10.4. The highest BCUT2D eigenvalue weighted by Crippen LogP contribution is 2.16. The summed E-state index contributed by atoms with van der Waals surface area (Å²) in [6.45, 7) is 1.48. The van der Waals surface area contributed by atoms with Crippen LogP contribution >= 0.6 is 0 Å². The van der Waals surface area contributed by atoms with E-state index in [1.54, 1.807) is 0 Å². The fraction of sp³-hybridized carbons (Fsp3) is 0.385. The summed E-state index contributed by atoms with van der Waals surface area (Å²) < 4.78 is 21.9. The van der Waals surface area contributed by atoms with Crippen molar-refractivity contribution in [1.29, 1.82) is 0 Å². The number of rotatable bonds is 6. The van der Waals surface area contributed by atoms with Gasteiger partial charge in [0.2, 0.25) is 0 Å². The minimum absolute atomic E-state index is 0.244. The van der Waals surface area contributed by atoms with Crippen LogP contribution in [0.1, 0.15) is 12.0 Å². The van der Waals surface area contributed by atoms with Gasteiger partial charge in [-0.15, -0.1) is 0 Å². The van der Waals surface area contributed by atoms with Crippen molar-refractivity contribution >= 4 is 20.7 Å². The van der Waals surface area contributed by atoms with Crippen molar-refractivity contribution in [1.82, 2.24) is 10.3 Å². The smallest absolute Gasteiger partial charge is 0.147 e. The lowest BCUT2D eigenvalue weighted by atomic mass is 10.1. The van der Waals surface area contributed by atoms with Gasteiger partial charge in [-0.3, -0.25) is 0 Å². The van der Waals surface area contributed by atoms with Crippen LogP contribution in [0.4, 0.5) is 0 Å². The normalized spacial score (nSPS) is 12.1. The molecule has 0 saturated heterocycles. The molecule has 18 heavy (non-hydrogen) atoms. The van der Waals surface area contributed by atoms with Crippen molar-refractivity contribution in [2.24, 2.45) is 0 Å². The third-order valence-electron chi connectivity index (χ3n) is 2.87. The Morgan fingerprint density at radius 3 is 2.89 bits per heavy atom. The molecule has 5 heteroatoms. The van der Waals surface area contributed by atoms with Crippen molar-refractivity contribution in [3.8, 4) is 0 Å². The van der Waals surface area contributed by atoms with Gasteiger partial charge >= 0.3 is 0 Å². The van der Waals surface area contributed by atoms with Crippen LogP contribution in [0.2, 0.25) is 0 Å². The van der Waals surface area contributed by atoms with Gasteiger partial charge in [0.25, 0.3) is 0 Å². The predicted molar refractivity (Wildman–Crippen MR) is 74.3 cm³/mol. The van der Waals surface area contributed by atoms with Crippen molar-refractivity contribution in [2.45, 2.75) is 13.0 Å². The van der Waals surface area contributed by atoms with Gasteiger partial charge in [-0.25, -0.2) is 8.42 Å². The second kappa shape index (κ2) is 5.54. The van der Waals surface area contributed by atoms with E-state index in [0.717, 1.165) is 12.1 Å². The molecule has 2 aromatic rings. The van der Waals surface area contributed by atoms with Crippen LogP contribution in [0.5, 0.6) is 0 Å². The van der Waals surface area contributed by atoms with Gasteiger partial charge < -0.3 is 10.3 Å². The molecular weight excluding hydrogens is 248 g/mol. The van der Waals surface area contributed by atoms with E-state index in [9.17, 15) is 8.42 Å². The Kier molecular flexibility index (Phi) is 4.04. The van der Waals surface area contributed by atoms with Crippen molar-refractivity contribution in [3.05, 3.63) is 36.0 Å². The molecule has 0 aliphatic carbocycles. The second-order valence-electron chi connectivity index (χ2n) is 4.52. The molecule has 2 N–H and O–H groups in total. The lowest BCUT2D eigenvalue weighted by Crippen LogP contribution is -2.17. The van der Waals surface area contributed by atoms with Crippen LogP contribution in [-0.2, 0) is 16.4 Å². The van der Waals surface area contributed by atoms with E-state index in [1.807, 2.05) is 18.3 Å². The number of hydrogen-bond acceptors (Lipinski definition) is 3. The third kappa shape index (κ3) is 3.58. The number of hydrogen-bond donors (Lipinski definition) is 2. The molecule has 0 unspecified atom stereocenters. The van der Waals surface area contributed by atoms with E-state index in [1.165, 1.54) is 17.2 Å². The topological polar surface area (TPSA) is 62.0 Å². The summed E-state index contributed by atoms with van der Waals surface area (Å²) in [6.07, 6.45) is 3.85. The maximum atomic E-state index is 11.0. The van der Waals surface area contributed by atoms with Gasteiger partial charge in [0.15, 0.2) is 0 Å². The van der Waals surface area contributed by atoms with E-state index in [0.29, 0.717) is 13.0 Å². The van der Waals surface area contributed by atoms with Crippen LogP contribution < -0.4 is 5.32 Å². The molecule has 0 atom stereocenters. The Bertz CT molecular complexity index is 617. The fourth-order valence-electron chi connectivity index (χ4n) is 1.99. The van der Waals surface area contributed by atoms with Crippen LogP contribution in [0.15, 0.2) is 30.5 Å². The van der Waals surface area contributed by atoms with Gasteiger partial charge in [0, 0.05) is 29.9 Å². The van der Waals surface area contributed by atoms with E-state index in [-0.39, 0.29) is 5.75 Å². The molecular formula is C13H18N2O2S. The maximum absolute atomic E-state index is 11.0. The summed E-state index contributed by atoms with van der Waals surface area (Å²) >= 11 is 0. The standard InChI is InChI=1S/C13H18N2O2S/c1-18(16,17)9-3-7-14-10-11-4-2-5-13-12(11)6-8-15-13/h2,4-6,8,14-15H,3,7,9-10H2,1H3. The Morgan fingerprint density at radius 1 is 1.28 bits per heavy atom. The van der Waals surface area contributed by atoms with E-state index in [2.05, 4.69) is 22.4 Å².